The third-order valence-electron chi connectivity index (χ3n) is 6.55. The topological polar surface area (TPSA) is 78.9 Å². The van der Waals surface area contributed by atoms with Gasteiger partial charge in [0.15, 0.2) is 0 Å². The maximum atomic E-state index is 13.6. The highest BCUT2D eigenvalue weighted by atomic mass is 16.5. The molecule has 4 heterocycles. The number of imide groups is 1. The van der Waals surface area contributed by atoms with Gasteiger partial charge in [-0.25, -0.2) is 4.79 Å². The van der Waals surface area contributed by atoms with Gasteiger partial charge >= 0.3 is 6.03 Å². The van der Waals surface area contributed by atoms with Crippen molar-refractivity contribution in [3.8, 4) is 0 Å². The van der Waals surface area contributed by atoms with Crippen molar-refractivity contribution >= 4 is 11.9 Å². The van der Waals surface area contributed by atoms with Crippen molar-refractivity contribution in [2.75, 3.05) is 39.9 Å². The first-order valence-electron chi connectivity index (χ1n) is 11.3. The summed E-state index contributed by atoms with van der Waals surface area (Å²) < 4.78 is 5.25. The highest BCUT2D eigenvalue weighted by molar-refractivity contribution is 6.07. The van der Waals surface area contributed by atoms with E-state index in [-0.39, 0.29) is 11.9 Å². The van der Waals surface area contributed by atoms with E-state index in [9.17, 15) is 9.59 Å². The fraction of sp³-hybridized carbons (Fsp3) is 0.500. The molecule has 2 aliphatic rings. The Morgan fingerprint density at radius 3 is 2.47 bits per heavy atom. The van der Waals surface area contributed by atoms with Crippen molar-refractivity contribution < 1.29 is 14.3 Å². The lowest BCUT2D eigenvalue weighted by atomic mass is 9.85. The van der Waals surface area contributed by atoms with Gasteiger partial charge in [0.1, 0.15) is 5.54 Å². The third-order valence-corrected chi connectivity index (χ3v) is 6.55. The van der Waals surface area contributed by atoms with Crippen LogP contribution in [0.3, 0.4) is 0 Å². The van der Waals surface area contributed by atoms with E-state index in [1.807, 2.05) is 30.5 Å². The molecule has 2 aromatic heterocycles. The highest BCUT2D eigenvalue weighted by Crippen LogP contribution is 2.37. The summed E-state index contributed by atoms with van der Waals surface area (Å²) in [5.41, 5.74) is 1.57. The van der Waals surface area contributed by atoms with E-state index in [0.29, 0.717) is 32.5 Å². The summed E-state index contributed by atoms with van der Waals surface area (Å²) in [4.78, 5) is 40.6. The predicted molar refractivity (Wildman–Crippen MR) is 120 cm³/mol. The van der Waals surface area contributed by atoms with Crippen molar-refractivity contribution in [1.82, 2.24) is 24.7 Å². The first-order chi connectivity index (χ1) is 15.6. The van der Waals surface area contributed by atoms with Gasteiger partial charge in [-0.1, -0.05) is 6.07 Å². The summed E-state index contributed by atoms with van der Waals surface area (Å²) in [7, 11) is 1.62. The number of nitrogens with zero attached hydrogens (tertiary/aromatic N) is 5. The second-order valence-electron chi connectivity index (χ2n) is 8.51. The van der Waals surface area contributed by atoms with Crippen LogP contribution >= 0.6 is 0 Å². The van der Waals surface area contributed by atoms with Gasteiger partial charge in [-0.3, -0.25) is 24.6 Å². The average Bonchev–Trinajstić information content (AvgIpc) is 3.01. The SMILES string of the molecule is COCCN1C(=O)N(CCCc2cccnc2)C(=O)C12CCN(Cc1ccncc1)CC2. The Bertz CT molecular complexity index is 900. The molecule has 4 rings (SSSR count). The fourth-order valence-electron chi connectivity index (χ4n) is 4.77. The van der Waals surface area contributed by atoms with Gasteiger partial charge in [0.05, 0.1) is 6.61 Å². The van der Waals surface area contributed by atoms with Gasteiger partial charge in [0, 0.05) is 64.6 Å². The Labute approximate surface area is 189 Å². The summed E-state index contributed by atoms with van der Waals surface area (Å²) in [6, 6.07) is 7.78. The Balaban J connectivity index is 1.42. The zero-order valence-corrected chi connectivity index (χ0v) is 18.7. The number of carbonyl (C=O) groups is 2. The maximum Gasteiger partial charge on any atom is 0.327 e. The number of piperidine rings is 1. The molecule has 0 N–H and O–H groups in total. The van der Waals surface area contributed by atoms with E-state index in [4.69, 9.17) is 4.74 Å². The molecule has 8 nitrogen and oxygen atoms in total. The summed E-state index contributed by atoms with van der Waals surface area (Å²) in [5, 5.41) is 0. The summed E-state index contributed by atoms with van der Waals surface area (Å²) in [5.74, 6) is -0.0478. The summed E-state index contributed by atoms with van der Waals surface area (Å²) in [6.07, 6.45) is 9.98. The zero-order chi connectivity index (χ0) is 22.4. The Morgan fingerprint density at radius 2 is 1.78 bits per heavy atom. The van der Waals surface area contributed by atoms with Crippen LogP contribution in [0.25, 0.3) is 0 Å². The number of likely N-dealkylation sites (tertiary alicyclic amines) is 1. The molecule has 0 aliphatic carbocycles. The van der Waals surface area contributed by atoms with Crippen LogP contribution in [0.5, 0.6) is 0 Å². The largest absolute Gasteiger partial charge is 0.383 e. The summed E-state index contributed by atoms with van der Waals surface area (Å²) >= 11 is 0. The molecule has 2 saturated heterocycles. The Kier molecular flexibility index (Phi) is 7.12. The van der Waals surface area contributed by atoms with E-state index in [0.717, 1.165) is 38.0 Å². The molecular formula is C24H31N5O3. The number of ether oxygens (including phenoxy) is 1. The normalized spacial score (nSPS) is 18.7. The fourth-order valence-corrected chi connectivity index (χ4v) is 4.77. The van der Waals surface area contributed by atoms with Gasteiger partial charge in [0.2, 0.25) is 0 Å². The first kappa shape index (κ1) is 22.4. The molecule has 0 saturated carbocycles. The second-order valence-corrected chi connectivity index (χ2v) is 8.51. The molecule has 3 amide bonds. The van der Waals surface area contributed by atoms with Crippen LogP contribution < -0.4 is 0 Å². The Hall–Kier alpha value is -2.84. The number of aromatic nitrogens is 2. The number of urea groups is 1. The number of rotatable bonds is 9. The molecule has 0 atom stereocenters. The molecule has 170 valence electrons. The van der Waals surface area contributed by atoms with Crippen LogP contribution in [0.4, 0.5) is 4.79 Å². The van der Waals surface area contributed by atoms with E-state index < -0.39 is 5.54 Å². The van der Waals surface area contributed by atoms with Gasteiger partial charge in [0.25, 0.3) is 5.91 Å². The van der Waals surface area contributed by atoms with Crippen LogP contribution in [0.2, 0.25) is 0 Å². The van der Waals surface area contributed by atoms with E-state index in [1.165, 1.54) is 10.5 Å². The van der Waals surface area contributed by atoms with Crippen molar-refractivity contribution in [3.05, 3.63) is 60.2 Å². The van der Waals surface area contributed by atoms with Crippen molar-refractivity contribution in [3.63, 3.8) is 0 Å². The zero-order valence-electron chi connectivity index (χ0n) is 18.7. The van der Waals surface area contributed by atoms with Crippen LogP contribution in [0.15, 0.2) is 49.1 Å². The number of amides is 3. The number of aryl methyl sites for hydroxylation is 1. The van der Waals surface area contributed by atoms with Crippen molar-refractivity contribution in [2.45, 2.75) is 37.8 Å². The minimum absolute atomic E-state index is 0.0478. The predicted octanol–water partition coefficient (Wildman–Crippen LogP) is 2.35. The Morgan fingerprint density at radius 1 is 1.00 bits per heavy atom. The monoisotopic (exact) mass is 437 g/mol. The quantitative estimate of drug-likeness (QED) is 0.561. The minimum Gasteiger partial charge on any atom is -0.383 e. The van der Waals surface area contributed by atoms with Gasteiger partial charge in [-0.05, 0) is 55.0 Å². The lowest BCUT2D eigenvalue weighted by molar-refractivity contribution is -0.136. The molecule has 0 bridgehead atoms. The number of methoxy groups -OCH3 is 1. The number of hydrogen-bond acceptors (Lipinski definition) is 6. The molecule has 1 spiro atoms. The summed E-state index contributed by atoms with van der Waals surface area (Å²) in [6.45, 7) is 3.66. The molecule has 2 fully saturated rings. The van der Waals surface area contributed by atoms with E-state index in [1.54, 1.807) is 30.6 Å². The van der Waals surface area contributed by atoms with Crippen LogP contribution in [0, 0.1) is 0 Å². The molecular weight excluding hydrogens is 406 g/mol. The molecule has 2 aromatic rings. The molecule has 0 radical (unpaired) electrons. The lowest BCUT2D eigenvalue weighted by Crippen LogP contribution is -2.57. The standard InChI is InChI=1S/C24H31N5O3/c1-32-17-16-29-23(31)28(13-3-5-20-4-2-10-26-18-20)22(30)24(29)8-14-27(15-9-24)19-21-6-11-25-12-7-21/h2,4,6-7,10-12,18H,3,5,8-9,13-17,19H2,1H3. The van der Waals surface area contributed by atoms with Gasteiger partial charge < -0.3 is 9.64 Å². The molecule has 0 unspecified atom stereocenters. The first-order valence-corrected chi connectivity index (χ1v) is 11.3. The third kappa shape index (κ3) is 4.66. The smallest absolute Gasteiger partial charge is 0.327 e. The van der Waals surface area contributed by atoms with Crippen molar-refractivity contribution in [2.24, 2.45) is 0 Å². The second kappa shape index (κ2) is 10.2. The molecule has 32 heavy (non-hydrogen) atoms. The average molecular weight is 438 g/mol. The van der Waals surface area contributed by atoms with Crippen LogP contribution in [0.1, 0.15) is 30.4 Å². The van der Waals surface area contributed by atoms with Crippen LogP contribution in [-0.2, 0) is 22.5 Å². The van der Waals surface area contributed by atoms with Gasteiger partial charge in [-0.2, -0.15) is 0 Å². The van der Waals surface area contributed by atoms with E-state index in [2.05, 4.69) is 14.9 Å². The highest BCUT2D eigenvalue weighted by Gasteiger charge is 2.57. The van der Waals surface area contributed by atoms with Crippen molar-refractivity contribution in [1.29, 1.82) is 0 Å². The van der Waals surface area contributed by atoms with Gasteiger partial charge in [-0.15, -0.1) is 0 Å². The molecule has 2 aliphatic heterocycles. The number of carbonyl (C=O) groups excluding carboxylic acids is 2. The lowest BCUT2D eigenvalue weighted by Gasteiger charge is -2.42. The number of hydrogen-bond donors (Lipinski definition) is 0. The minimum atomic E-state index is -0.751. The maximum absolute atomic E-state index is 13.6. The number of pyridine rings is 2. The molecule has 8 heteroatoms. The molecule has 0 aromatic carbocycles. The van der Waals surface area contributed by atoms with E-state index >= 15 is 0 Å². The van der Waals surface area contributed by atoms with Crippen LogP contribution in [-0.4, -0.2) is 82.0 Å².